The van der Waals surface area contributed by atoms with Crippen LogP contribution >= 0.6 is 0 Å². The highest BCUT2D eigenvalue weighted by Gasteiger charge is 2.48. The number of carbonyl (C=O) groups is 2. The quantitative estimate of drug-likeness (QED) is 0.760. The molecule has 0 fully saturated rings. The molecule has 0 N–H and O–H groups in total. The van der Waals surface area contributed by atoms with Crippen molar-refractivity contribution in [2.24, 2.45) is 4.99 Å². The molecule has 0 unspecified atom stereocenters. The summed E-state index contributed by atoms with van der Waals surface area (Å²) in [5, 5.41) is 0. The van der Waals surface area contributed by atoms with Crippen molar-refractivity contribution in [1.82, 2.24) is 0 Å². The van der Waals surface area contributed by atoms with Gasteiger partial charge in [-0.15, -0.1) is 0 Å². The lowest BCUT2D eigenvalue weighted by Gasteiger charge is -2.21. The van der Waals surface area contributed by atoms with Crippen LogP contribution in [-0.4, -0.2) is 30.0 Å². The number of hydrogen-bond acceptors (Lipinski definition) is 5. The minimum Gasteiger partial charge on any atom is -0.466 e. The summed E-state index contributed by atoms with van der Waals surface area (Å²) < 4.78 is 10.5. The van der Waals surface area contributed by atoms with E-state index in [2.05, 4.69) is 4.99 Å². The average molecular weight is 337 g/mol. The van der Waals surface area contributed by atoms with Gasteiger partial charge in [0.15, 0.2) is 5.54 Å². The molecule has 0 aromatic heterocycles. The largest absolute Gasteiger partial charge is 0.466 e. The van der Waals surface area contributed by atoms with Gasteiger partial charge in [-0.3, -0.25) is 4.79 Å². The second-order valence-corrected chi connectivity index (χ2v) is 5.85. The van der Waals surface area contributed by atoms with Gasteiger partial charge in [0, 0.05) is 12.0 Å². The summed E-state index contributed by atoms with van der Waals surface area (Å²) in [5.41, 5.74) is 0.315. The molecule has 1 heterocycles. The maximum Gasteiger partial charge on any atom is 0.341 e. The smallest absolute Gasteiger partial charge is 0.341 e. The lowest BCUT2D eigenvalue weighted by atomic mass is 9.88. The maximum atomic E-state index is 12.7. The predicted molar refractivity (Wildman–Crippen MR) is 93.2 cm³/mol. The fraction of sp³-hybridized carbons (Fsp3) is 0.250. The first-order valence-corrected chi connectivity index (χ1v) is 8.20. The molecule has 0 spiro atoms. The van der Waals surface area contributed by atoms with E-state index in [0.29, 0.717) is 5.56 Å². The van der Waals surface area contributed by atoms with Crippen LogP contribution in [0.4, 0.5) is 0 Å². The minimum atomic E-state index is -1.29. The number of benzene rings is 2. The van der Waals surface area contributed by atoms with Crippen molar-refractivity contribution in [1.29, 1.82) is 0 Å². The molecule has 5 heteroatoms. The Morgan fingerprint density at radius 1 is 1.08 bits per heavy atom. The Labute approximate surface area is 146 Å². The Kier molecular flexibility index (Phi) is 4.93. The molecular weight excluding hydrogens is 318 g/mol. The summed E-state index contributed by atoms with van der Waals surface area (Å²) in [5.74, 6) is -0.748. The molecule has 2 aromatic rings. The van der Waals surface area contributed by atoms with E-state index in [-0.39, 0.29) is 25.3 Å². The van der Waals surface area contributed by atoms with Gasteiger partial charge < -0.3 is 9.47 Å². The summed E-state index contributed by atoms with van der Waals surface area (Å²) in [6.07, 6.45) is 0.132. The van der Waals surface area contributed by atoms with Gasteiger partial charge in [-0.1, -0.05) is 48.5 Å². The summed E-state index contributed by atoms with van der Waals surface area (Å²) in [6.45, 7) is 1.98. The number of ether oxygens (including phenoxy) is 2. The Morgan fingerprint density at radius 3 is 2.36 bits per heavy atom. The molecule has 1 aliphatic rings. The first-order chi connectivity index (χ1) is 12.1. The van der Waals surface area contributed by atoms with Gasteiger partial charge in [0.25, 0.3) is 0 Å². The number of carbonyl (C=O) groups excluding carboxylic acids is 2. The number of aliphatic imine (C=N–C) groups is 1. The van der Waals surface area contributed by atoms with Crippen LogP contribution in [0.2, 0.25) is 0 Å². The molecule has 1 atom stereocenters. The highest BCUT2D eigenvalue weighted by atomic mass is 16.6. The van der Waals surface area contributed by atoms with Crippen LogP contribution in [0.1, 0.15) is 24.5 Å². The molecule has 3 rings (SSSR count). The highest BCUT2D eigenvalue weighted by Crippen LogP contribution is 2.31. The Morgan fingerprint density at radius 2 is 1.72 bits per heavy atom. The van der Waals surface area contributed by atoms with E-state index in [9.17, 15) is 9.59 Å². The number of hydrogen-bond donors (Lipinski definition) is 0. The van der Waals surface area contributed by atoms with Crippen molar-refractivity contribution in [2.75, 3.05) is 6.61 Å². The zero-order chi connectivity index (χ0) is 17.7. The molecule has 0 radical (unpaired) electrons. The molecule has 5 nitrogen and oxygen atoms in total. The van der Waals surface area contributed by atoms with Gasteiger partial charge in [-0.25, -0.2) is 9.79 Å². The molecule has 0 saturated heterocycles. The van der Waals surface area contributed by atoms with E-state index in [0.717, 1.165) is 5.56 Å². The van der Waals surface area contributed by atoms with E-state index in [1.807, 2.05) is 60.7 Å². The molecule has 0 amide bonds. The third-order valence-corrected chi connectivity index (χ3v) is 3.99. The summed E-state index contributed by atoms with van der Waals surface area (Å²) in [7, 11) is 0. The van der Waals surface area contributed by atoms with Crippen molar-refractivity contribution in [2.45, 2.75) is 25.3 Å². The maximum absolute atomic E-state index is 12.7. The molecule has 0 saturated carbocycles. The monoisotopic (exact) mass is 337 g/mol. The van der Waals surface area contributed by atoms with Gasteiger partial charge in [-0.2, -0.15) is 0 Å². The van der Waals surface area contributed by atoms with Gasteiger partial charge in [0.2, 0.25) is 5.90 Å². The second kappa shape index (κ2) is 7.30. The van der Waals surface area contributed by atoms with E-state index >= 15 is 0 Å². The zero-order valence-corrected chi connectivity index (χ0v) is 14.0. The molecule has 2 aromatic carbocycles. The summed E-state index contributed by atoms with van der Waals surface area (Å²) >= 11 is 0. The van der Waals surface area contributed by atoms with Gasteiger partial charge in [-0.05, 0) is 24.6 Å². The lowest BCUT2D eigenvalue weighted by molar-refractivity contribution is -0.150. The van der Waals surface area contributed by atoms with Gasteiger partial charge in [0.1, 0.15) is 0 Å². The van der Waals surface area contributed by atoms with Crippen LogP contribution in [0.15, 0.2) is 65.7 Å². The number of nitrogens with zero attached hydrogens (tertiary/aromatic N) is 1. The van der Waals surface area contributed by atoms with Crippen LogP contribution in [0, 0.1) is 0 Å². The minimum absolute atomic E-state index is 0.148. The lowest BCUT2D eigenvalue weighted by Crippen LogP contribution is -2.39. The molecule has 1 aliphatic heterocycles. The predicted octanol–water partition coefficient (Wildman–Crippen LogP) is 2.92. The molecule has 0 aliphatic carbocycles. The number of esters is 2. The fourth-order valence-electron chi connectivity index (χ4n) is 2.82. The third-order valence-electron chi connectivity index (χ3n) is 3.99. The number of rotatable bonds is 6. The van der Waals surface area contributed by atoms with Crippen molar-refractivity contribution in [3.8, 4) is 0 Å². The first kappa shape index (κ1) is 16.9. The van der Waals surface area contributed by atoms with Crippen LogP contribution in [0.25, 0.3) is 0 Å². The van der Waals surface area contributed by atoms with Crippen LogP contribution in [-0.2, 0) is 25.5 Å². The molecule has 25 heavy (non-hydrogen) atoms. The molecular formula is C20H19NO4. The zero-order valence-electron chi connectivity index (χ0n) is 14.0. The fourth-order valence-corrected chi connectivity index (χ4v) is 2.82. The van der Waals surface area contributed by atoms with Crippen molar-refractivity contribution in [3.63, 3.8) is 0 Å². The topological polar surface area (TPSA) is 65.0 Å². The first-order valence-electron chi connectivity index (χ1n) is 8.20. The third kappa shape index (κ3) is 3.76. The van der Waals surface area contributed by atoms with E-state index in [4.69, 9.17) is 9.47 Å². The van der Waals surface area contributed by atoms with E-state index in [1.165, 1.54) is 0 Å². The average Bonchev–Trinajstić information content (AvgIpc) is 2.93. The van der Waals surface area contributed by atoms with Gasteiger partial charge in [0.05, 0.1) is 13.0 Å². The molecule has 128 valence electrons. The van der Waals surface area contributed by atoms with Crippen LogP contribution < -0.4 is 0 Å². The Balaban J connectivity index is 1.96. The highest BCUT2D eigenvalue weighted by molar-refractivity contribution is 6.09. The summed E-state index contributed by atoms with van der Waals surface area (Å²) in [4.78, 5) is 29.3. The summed E-state index contributed by atoms with van der Waals surface area (Å²) in [6, 6.07) is 18.6. The van der Waals surface area contributed by atoms with Crippen LogP contribution in [0.5, 0.6) is 0 Å². The van der Waals surface area contributed by atoms with Crippen molar-refractivity contribution in [3.05, 3.63) is 71.8 Å². The van der Waals surface area contributed by atoms with Crippen LogP contribution in [0.3, 0.4) is 0 Å². The molecule has 0 bridgehead atoms. The number of cyclic esters (lactones) is 1. The van der Waals surface area contributed by atoms with Gasteiger partial charge >= 0.3 is 11.9 Å². The second-order valence-electron chi connectivity index (χ2n) is 5.85. The standard InChI is InChI=1S/C20H19NO4/c1-2-24-17(22)14-20(13-15-9-5-3-6-10-15)19(23)25-18(21-20)16-11-7-4-8-12-16/h3-12H,2,13-14H2,1H3/t20-/m0/s1. The SMILES string of the molecule is CCOC(=O)C[C@]1(Cc2ccccc2)N=C(c2ccccc2)OC1=O. The van der Waals surface area contributed by atoms with E-state index in [1.54, 1.807) is 6.92 Å². The van der Waals surface area contributed by atoms with E-state index < -0.39 is 17.5 Å². The Bertz CT molecular complexity index is 786. The van der Waals surface area contributed by atoms with Crippen molar-refractivity contribution < 1.29 is 19.1 Å². The normalized spacial score (nSPS) is 19.2. The Hall–Kier alpha value is -2.95. The van der Waals surface area contributed by atoms with Crippen molar-refractivity contribution >= 4 is 17.8 Å².